The van der Waals surface area contributed by atoms with Gasteiger partial charge in [0, 0.05) is 17.8 Å². The monoisotopic (exact) mass is 305 g/mol. The van der Waals surface area contributed by atoms with Crippen molar-refractivity contribution in [2.24, 2.45) is 5.92 Å². The molecular formula is C15H19N3O4. The molecule has 2 amide bonds. The zero-order valence-electron chi connectivity index (χ0n) is 12.3. The molecule has 0 aliphatic carbocycles. The second-order valence-corrected chi connectivity index (χ2v) is 5.02. The van der Waals surface area contributed by atoms with E-state index >= 15 is 0 Å². The molecule has 0 bridgehead atoms. The summed E-state index contributed by atoms with van der Waals surface area (Å²) in [7, 11) is 1.26. The first kappa shape index (κ1) is 16.0. The molecule has 0 spiro atoms. The van der Waals surface area contributed by atoms with Gasteiger partial charge in [-0.1, -0.05) is 0 Å². The molecule has 22 heavy (non-hydrogen) atoms. The molecule has 7 heteroatoms. The van der Waals surface area contributed by atoms with E-state index in [2.05, 4.69) is 20.7 Å². The highest BCUT2D eigenvalue weighted by Crippen LogP contribution is 2.14. The van der Waals surface area contributed by atoms with Gasteiger partial charge in [-0.3, -0.25) is 14.4 Å². The van der Waals surface area contributed by atoms with Gasteiger partial charge in [0.15, 0.2) is 0 Å². The Morgan fingerprint density at radius 2 is 2.00 bits per heavy atom. The van der Waals surface area contributed by atoms with E-state index in [0.29, 0.717) is 17.8 Å². The molecule has 0 aromatic heterocycles. The van der Waals surface area contributed by atoms with Crippen molar-refractivity contribution in [3.05, 3.63) is 29.8 Å². The number of anilines is 1. The van der Waals surface area contributed by atoms with Crippen molar-refractivity contribution < 1.29 is 19.1 Å². The summed E-state index contributed by atoms with van der Waals surface area (Å²) in [5.74, 6) is -0.915. The first-order valence-electron chi connectivity index (χ1n) is 7.07. The number of carbonyl (C=O) groups excluding carboxylic acids is 3. The maximum Gasteiger partial charge on any atom is 0.325 e. The Hall–Kier alpha value is -2.41. The SMILES string of the molecule is COC(=O)CNC(=O)c1ccc(NC(=O)C2CCNC2)cc1. The summed E-state index contributed by atoms with van der Waals surface area (Å²) in [5, 5.41) is 8.41. The lowest BCUT2D eigenvalue weighted by atomic mass is 10.1. The van der Waals surface area contributed by atoms with Crippen molar-refractivity contribution in [1.82, 2.24) is 10.6 Å². The molecule has 1 aliphatic heterocycles. The van der Waals surface area contributed by atoms with Crippen LogP contribution in [0.4, 0.5) is 5.69 Å². The zero-order chi connectivity index (χ0) is 15.9. The van der Waals surface area contributed by atoms with Crippen LogP contribution in [0.2, 0.25) is 0 Å². The zero-order valence-corrected chi connectivity index (χ0v) is 12.3. The van der Waals surface area contributed by atoms with Gasteiger partial charge in [0.05, 0.1) is 13.0 Å². The Kier molecular flexibility index (Phi) is 5.48. The number of carbonyl (C=O) groups is 3. The molecule has 3 N–H and O–H groups in total. The van der Waals surface area contributed by atoms with Crippen molar-refractivity contribution in [1.29, 1.82) is 0 Å². The third-order valence-corrected chi connectivity index (χ3v) is 3.47. The highest BCUT2D eigenvalue weighted by molar-refractivity contribution is 5.97. The van der Waals surface area contributed by atoms with E-state index in [1.165, 1.54) is 7.11 Å². The van der Waals surface area contributed by atoms with Gasteiger partial charge in [-0.25, -0.2) is 0 Å². The normalized spacial score (nSPS) is 16.9. The molecular weight excluding hydrogens is 286 g/mol. The Balaban J connectivity index is 1.88. The third-order valence-electron chi connectivity index (χ3n) is 3.47. The fourth-order valence-electron chi connectivity index (χ4n) is 2.15. The van der Waals surface area contributed by atoms with Crippen molar-refractivity contribution in [2.75, 3.05) is 32.1 Å². The summed E-state index contributed by atoms with van der Waals surface area (Å²) in [4.78, 5) is 34.7. The van der Waals surface area contributed by atoms with Gasteiger partial charge in [-0.15, -0.1) is 0 Å². The van der Waals surface area contributed by atoms with Crippen LogP contribution in [0.3, 0.4) is 0 Å². The number of amides is 2. The van der Waals surface area contributed by atoms with Crippen LogP contribution in [-0.2, 0) is 14.3 Å². The van der Waals surface area contributed by atoms with E-state index in [0.717, 1.165) is 13.0 Å². The molecule has 1 fully saturated rings. The smallest absolute Gasteiger partial charge is 0.325 e. The molecule has 1 aliphatic rings. The van der Waals surface area contributed by atoms with Gasteiger partial charge < -0.3 is 20.7 Å². The molecule has 2 rings (SSSR count). The molecule has 1 aromatic rings. The number of nitrogens with one attached hydrogen (secondary N) is 3. The summed E-state index contributed by atoms with van der Waals surface area (Å²) in [6.45, 7) is 1.37. The maximum atomic E-state index is 12.0. The van der Waals surface area contributed by atoms with Crippen molar-refractivity contribution in [2.45, 2.75) is 6.42 Å². The largest absolute Gasteiger partial charge is 0.468 e. The van der Waals surface area contributed by atoms with Crippen LogP contribution in [0, 0.1) is 5.92 Å². The number of ether oxygens (including phenoxy) is 1. The van der Waals surface area contributed by atoms with E-state index in [-0.39, 0.29) is 24.3 Å². The topological polar surface area (TPSA) is 96.5 Å². The molecule has 0 saturated carbocycles. The van der Waals surface area contributed by atoms with E-state index in [1.54, 1.807) is 24.3 Å². The Bertz CT molecular complexity index is 550. The van der Waals surface area contributed by atoms with Gasteiger partial charge >= 0.3 is 5.97 Å². The van der Waals surface area contributed by atoms with Crippen LogP contribution in [0.25, 0.3) is 0 Å². The number of rotatable bonds is 5. The van der Waals surface area contributed by atoms with Crippen molar-refractivity contribution >= 4 is 23.5 Å². The molecule has 0 radical (unpaired) electrons. The van der Waals surface area contributed by atoms with E-state index in [4.69, 9.17) is 0 Å². The van der Waals surface area contributed by atoms with Crippen molar-refractivity contribution in [3.63, 3.8) is 0 Å². The fourth-order valence-corrected chi connectivity index (χ4v) is 2.15. The summed E-state index contributed by atoms with van der Waals surface area (Å²) >= 11 is 0. The lowest BCUT2D eigenvalue weighted by Gasteiger charge is -2.10. The van der Waals surface area contributed by atoms with Crippen LogP contribution in [-0.4, -0.2) is 44.5 Å². The van der Waals surface area contributed by atoms with Crippen LogP contribution < -0.4 is 16.0 Å². The highest BCUT2D eigenvalue weighted by atomic mass is 16.5. The molecule has 1 aromatic carbocycles. The minimum absolute atomic E-state index is 0.0111. The lowest BCUT2D eigenvalue weighted by Crippen LogP contribution is -2.30. The first-order chi connectivity index (χ1) is 10.6. The Morgan fingerprint density at radius 1 is 1.27 bits per heavy atom. The third kappa shape index (κ3) is 4.29. The van der Waals surface area contributed by atoms with Crippen LogP contribution in [0.5, 0.6) is 0 Å². The average molecular weight is 305 g/mol. The first-order valence-corrected chi connectivity index (χ1v) is 7.07. The molecule has 1 saturated heterocycles. The van der Waals surface area contributed by atoms with E-state index < -0.39 is 5.97 Å². The van der Waals surface area contributed by atoms with Crippen LogP contribution in [0.1, 0.15) is 16.8 Å². The van der Waals surface area contributed by atoms with Crippen molar-refractivity contribution in [3.8, 4) is 0 Å². The molecule has 1 heterocycles. The van der Waals surface area contributed by atoms with Crippen LogP contribution in [0.15, 0.2) is 24.3 Å². The minimum atomic E-state index is -0.512. The second-order valence-electron chi connectivity index (χ2n) is 5.02. The molecule has 1 atom stereocenters. The quantitative estimate of drug-likeness (QED) is 0.672. The second kappa shape index (κ2) is 7.56. The maximum absolute atomic E-state index is 12.0. The van der Waals surface area contributed by atoms with Gasteiger partial charge in [-0.2, -0.15) is 0 Å². The Morgan fingerprint density at radius 3 is 2.59 bits per heavy atom. The standard InChI is InChI=1S/C15H19N3O4/c1-22-13(19)9-17-14(20)10-2-4-12(5-3-10)18-15(21)11-6-7-16-8-11/h2-5,11,16H,6-9H2,1H3,(H,17,20)(H,18,21). The summed E-state index contributed by atoms with van der Waals surface area (Å²) < 4.78 is 4.44. The molecule has 7 nitrogen and oxygen atoms in total. The number of methoxy groups -OCH3 is 1. The predicted octanol–water partition coefficient (Wildman–Crippen LogP) is 0.137. The van der Waals surface area contributed by atoms with E-state index in [9.17, 15) is 14.4 Å². The van der Waals surface area contributed by atoms with Gasteiger partial charge in [-0.05, 0) is 37.2 Å². The number of esters is 1. The summed E-state index contributed by atoms with van der Waals surface area (Å²) in [5.41, 5.74) is 1.05. The Labute approximate surface area is 128 Å². The molecule has 118 valence electrons. The average Bonchev–Trinajstić information content (AvgIpc) is 3.07. The predicted molar refractivity (Wildman–Crippen MR) is 80.4 cm³/mol. The van der Waals surface area contributed by atoms with Gasteiger partial charge in [0.25, 0.3) is 5.91 Å². The highest BCUT2D eigenvalue weighted by Gasteiger charge is 2.22. The number of hydrogen-bond donors (Lipinski definition) is 3. The van der Waals surface area contributed by atoms with Gasteiger partial charge in [0.1, 0.15) is 6.54 Å². The summed E-state index contributed by atoms with van der Waals surface area (Å²) in [6.07, 6.45) is 0.833. The lowest BCUT2D eigenvalue weighted by molar-refractivity contribution is -0.139. The minimum Gasteiger partial charge on any atom is -0.468 e. The van der Waals surface area contributed by atoms with Crippen LogP contribution >= 0.6 is 0 Å². The number of benzene rings is 1. The fraction of sp³-hybridized carbons (Fsp3) is 0.400. The molecule has 1 unspecified atom stereocenters. The number of hydrogen-bond acceptors (Lipinski definition) is 5. The van der Waals surface area contributed by atoms with Gasteiger partial charge in [0.2, 0.25) is 5.91 Å². The van der Waals surface area contributed by atoms with E-state index in [1.807, 2.05) is 0 Å². The summed E-state index contributed by atoms with van der Waals surface area (Å²) in [6, 6.07) is 6.50.